The first-order chi connectivity index (χ1) is 5.77. The van der Waals surface area contributed by atoms with Gasteiger partial charge in [0, 0.05) is 6.20 Å². The number of hydrogen-bond acceptors (Lipinski definition) is 3. The Morgan fingerprint density at radius 3 is 2.92 bits per heavy atom. The third-order valence-electron chi connectivity index (χ3n) is 1.66. The summed E-state index contributed by atoms with van der Waals surface area (Å²) in [4.78, 5) is 8.29. The fourth-order valence-corrected chi connectivity index (χ4v) is 1.03. The first-order valence-electron chi connectivity index (χ1n) is 3.87. The van der Waals surface area contributed by atoms with Crippen molar-refractivity contribution in [3.63, 3.8) is 0 Å². The second-order valence-electron chi connectivity index (χ2n) is 2.53. The molecule has 1 heterocycles. The van der Waals surface area contributed by atoms with Gasteiger partial charge in [-0.05, 0) is 20.0 Å². The largest absolute Gasteiger partial charge is 0.309 e. The maximum absolute atomic E-state index is 4.27. The van der Waals surface area contributed by atoms with Gasteiger partial charge in [-0.3, -0.25) is 0 Å². The second kappa shape index (κ2) is 3.97. The van der Waals surface area contributed by atoms with Crippen LogP contribution in [0.5, 0.6) is 0 Å². The summed E-state index contributed by atoms with van der Waals surface area (Å²) >= 11 is 0. The van der Waals surface area contributed by atoms with E-state index in [0.717, 1.165) is 11.5 Å². The summed E-state index contributed by atoms with van der Waals surface area (Å²) < 4.78 is 0. The van der Waals surface area contributed by atoms with Crippen molar-refractivity contribution in [3.05, 3.63) is 36.4 Å². The summed E-state index contributed by atoms with van der Waals surface area (Å²) in [7, 11) is 1.88. The lowest BCUT2D eigenvalue weighted by Gasteiger charge is -2.09. The zero-order chi connectivity index (χ0) is 8.97. The van der Waals surface area contributed by atoms with Crippen molar-refractivity contribution in [1.82, 2.24) is 15.3 Å². The highest BCUT2D eigenvalue weighted by Crippen LogP contribution is 2.08. The summed E-state index contributed by atoms with van der Waals surface area (Å²) in [5.74, 6) is 0.787. The Morgan fingerprint density at radius 1 is 1.67 bits per heavy atom. The van der Waals surface area contributed by atoms with Crippen molar-refractivity contribution in [2.24, 2.45) is 0 Å². The Morgan fingerprint density at radius 2 is 2.42 bits per heavy atom. The van der Waals surface area contributed by atoms with Gasteiger partial charge < -0.3 is 5.32 Å². The number of aryl methyl sites for hydroxylation is 1. The topological polar surface area (TPSA) is 37.8 Å². The second-order valence-corrected chi connectivity index (χ2v) is 2.53. The predicted molar refractivity (Wildman–Crippen MR) is 48.8 cm³/mol. The highest BCUT2D eigenvalue weighted by Gasteiger charge is 2.04. The van der Waals surface area contributed by atoms with Crippen LogP contribution in [0.2, 0.25) is 0 Å². The number of hydrogen-bond donors (Lipinski definition) is 1. The van der Waals surface area contributed by atoms with E-state index in [9.17, 15) is 0 Å². The van der Waals surface area contributed by atoms with Gasteiger partial charge in [0.15, 0.2) is 0 Å². The molecule has 1 N–H and O–H groups in total. The molecule has 64 valence electrons. The molecule has 12 heavy (non-hydrogen) atoms. The van der Waals surface area contributed by atoms with Crippen LogP contribution in [0.25, 0.3) is 0 Å². The Hall–Kier alpha value is -1.22. The minimum absolute atomic E-state index is 0.117. The van der Waals surface area contributed by atoms with Crippen molar-refractivity contribution in [2.75, 3.05) is 7.05 Å². The van der Waals surface area contributed by atoms with Crippen LogP contribution < -0.4 is 5.32 Å². The maximum atomic E-state index is 4.27. The third kappa shape index (κ3) is 1.89. The normalized spacial score (nSPS) is 12.5. The molecular formula is C9H13N3. The van der Waals surface area contributed by atoms with Gasteiger partial charge in [-0.15, -0.1) is 6.58 Å². The van der Waals surface area contributed by atoms with E-state index in [2.05, 4.69) is 21.9 Å². The molecule has 0 amide bonds. The van der Waals surface area contributed by atoms with Gasteiger partial charge in [0.25, 0.3) is 0 Å². The quantitative estimate of drug-likeness (QED) is 0.681. The smallest absolute Gasteiger partial charge is 0.125 e. The number of nitrogens with zero attached hydrogens (tertiary/aromatic N) is 2. The van der Waals surface area contributed by atoms with Crippen LogP contribution in [-0.2, 0) is 0 Å². The van der Waals surface area contributed by atoms with Crippen molar-refractivity contribution in [2.45, 2.75) is 13.0 Å². The molecule has 0 aliphatic heterocycles. The van der Waals surface area contributed by atoms with Crippen LogP contribution in [0.4, 0.5) is 0 Å². The third-order valence-corrected chi connectivity index (χ3v) is 1.66. The predicted octanol–water partition coefficient (Wildman–Crippen LogP) is 1.23. The summed E-state index contributed by atoms with van der Waals surface area (Å²) in [6.45, 7) is 5.59. The Labute approximate surface area is 72.6 Å². The molecule has 0 aromatic carbocycles. The molecule has 0 saturated heterocycles. The van der Waals surface area contributed by atoms with Gasteiger partial charge in [-0.2, -0.15) is 0 Å². The van der Waals surface area contributed by atoms with E-state index in [1.54, 1.807) is 6.20 Å². The van der Waals surface area contributed by atoms with E-state index in [1.165, 1.54) is 0 Å². The lowest BCUT2D eigenvalue weighted by molar-refractivity contribution is 0.686. The lowest BCUT2D eigenvalue weighted by atomic mass is 10.2. The van der Waals surface area contributed by atoms with E-state index in [0.29, 0.717) is 0 Å². The van der Waals surface area contributed by atoms with Crippen LogP contribution in [0.3, 0.4) is 0 Å². The Kier molecular flexibility index (Phi) is 2.94. The molecule has 3 heteroatoms. The van der Waals surface area contributed by atoms with Crippen molar-refractivity contribution in [3.8, 4) is 0 Å². The number of aromatic nitrogens is 2. The van der Waals surface area contributed by atoms with Crippen LogP contribution in [0, 0.1) is 6.92 Å². The van der Waals surface area contributed by atoms with Crippen LogP contribution in [0.1, 0.15) is 17.6 Å². The zero-order valence-corrected chi connectivity index (χ0v) is 7.41. The van der Waals surface area contributed by atoms with Crippen molar-refractivity contribution >= 4 is 0 Å². The standard InChI is InChI=1S/C9H13N3/c1-4-8(10-3)9-5-6-11-7(2)12-9/h4-6,8,10H,1H2,2-3H3. The van der Waals surface area contributed by atoms with E-state index in [1.807, 2.05) is 26.1 Å². The fraction of sp³-hybridized carbons (Fsp3) is 0.333. The highest BCUT2D eigenvalue weighted by atomic mass is 14.9. The van der Waals surface area contributed by atoms with Crippen LogP contribution in [0.15, 0.2) is 24.9 Å². The number of nitrogens with one attached hydrogen (secondary N) is 1. The van der Waals surface area contributed by atoms with Gasteiger partial charge in [0.05, 0.1) is 11.7 Å². The molecule has 3 nitrogen and oxygen atoms in total. The highest BCUT2D eigenvalue weighted by molar-refractivity contribution is 5.12. The van der Waals surface area contributed by atoms with Gasteiger partial charge in [-0.25, -0.2) is 9.97 Å². The molecule has 0 bridgehead atoms. The number of likely N-dealkylation sites (N-methyl/N-ethyl adjacent to an activating group) is 1. The lowest BCUT2D eigenvalue weighted by Crippen LogP contribution is -2.15. The zero-order valence-electron chi connectivity index (χ0n) is 7.41. The van der Waals surface area contributed by atoms with Crippen molar-refractivity contribution < 1.29 is 0 Å². The fourth-order valence-electron chi connectivity index (χ4n) is 1.03. The summed E-state index contributed by atoms with van der Waals surface area (Å²) in [5, 5.41) is 3.09. The molecule has 0 radical (unpaired) electrons. The number of rotatable bonds is 3. The van der Waals surface area contributed by atoms with Crippen LogP contribution in [-0.4, -0.2) is 17.0 Å². The van der Waals surface area contributed by atoms with E-state index < -0.39 is 0 Å². The van der Waals surface area contributed by atoms with E-state index in [4.69, 9.17) is 0 Å². The maximum Gasteiger partial charge on any atom is 0.125 e. The summed E-state index contributed by atoms with van der Waals surface area (Å²) in [6, 6.07) is 2.00. The van der Waals surface area contributed by atoms with Gasteiger partial charge >= 0.3 is 0 Å². The van der Waals surface area contributed by atoms with Gasteiger partial charge in [-0.1, -0.05) is 6.08 Å². The molecule has 1 aromatic rings. The van der Waals surface area contributed by atoms with E-state index in [-0.39, 0.29) is 6.04 Å². The van der Waals surface area contributed by atoms with Crippen LogP contribution >= 0.6 is 0 Å². The van der Waals surface area contributed by atoms with Gasteiger partial charge in [0.2, 0.25) is 0 Å². The molecule has 1 rings (SSSR count). The molecule has 0 saturated carbocycles. The summed E-state index contributed by atoms with van der Waals surface area (Å²) in [6.07, 6.45) is 3.58. The molecule has 1 unspecified atom stereocenters. The minimum atomic E-state index is 0.117. The minimum Gasteiger partial charge on any atom is -0.309 e. The molecule has 1 aromatic heterocycles. The summed E-state index contributed by atoms with van der Waals surface area (Å²) in [5.41, 5.74) is 0.958. The average molecular weight is 163 g/mol. The van der Waals surface area contributed by atoms with Gasteiger partial charge in [0.1, 0.15) is 5.82 Å². The Balaban J connectivity index is 2.93. The SMILES string of the molecule is C=CC(NC)c1ccnc(C)n1. The molecule has 0 fully saturated rings. The molecule has 0 aliphatic rings. The first-order valence-corrected chi connectivity index (χ1v) is 3.87. The first kappa shape index (κ1) is 8.87. The molecular weight excluding hydrogens is 150 g/mol. The van der Waals surface area contributed by atoms with E-state index >= 15 is 0 Å². The molecule has 0 aliphatic carbocycles. The average Bonchev–Trinajstić information content (AvgIpc) is 2.07. The molecule has 0 spiro atoms. The molecule has 1 atom stereocenters. The Bertz CT molecular complexity index is 270. The monoisotopic (exact) mass is 163 g/mol. The van der Waals surface area contributed by atoms with Crippen molar-refractivity contribution in [1.29, 1.82) is 0 Å².